The van der Waals surface area contributed by atoms with Crippen molar-refractivity contribution in [1.29, 1.82) is 0 Å². The predicted octanol–water partition coefficient (Wildman–Crippen LogP) is 12.1. The molecule has 2 aliphatic carbocycles. The molecule has 0 spiro atoms. The molecule has 0 bridgehead atoms. The topological polar surface area (TPSA) is 129 Å². The van der Waals surface area contributed by atoms with Gasteiger partial charge in [0.05, 0.1) is 55.0 Å². The van der Waals surface area contributed by atoms with Gasteiger partial charge in [-0.2, -0.15) is 0 Å². The molecule has 2 saturated carbocycles. The quantitative estimate of drug-likeness (QED) is 0.127. The maximum atomic E-state index is 11.7. The number of carbonyl (C=O) groups excluding carboxylic acids is 3. The van der Waals surface area contributed by atoms with Crippen molar-refractivity contribution >= 4 is 40.0 Å². The summed E-state index contributed by atoms with van der Waals surface area (Å²) >= 11 is 0. The molecule has 4 aliphatic rings. The molecule has 0 amide bonds. The smallest absolute Gasteiger partial charge is 0.308 e. The van der Waals surface area contributed by atoms with Crippen molar-refractivity contribution in [2.75, 3.05) is 40.4 Å². The molecule has 2 aromatic carbocycles. The number of aromatic nitrogens is 2. The molecule has 370 valence electrons. The average molecular weight is 925 g/mol. The number of carbonyl (C=O) groups is 3. The molecule has 0 radical (unpaired) electrons. The molecule has 0 atom stereocenters. The highest BCUT2D eigenvalue weighted by molar-refractivity contribution is 5.84. The van der Waals surface area contributed by atoms with E-state index in [1.54, 1.807) is 6.07 Å². The number of pyridine rings is 2. The molecule has 2 saturated heterocycles. The normalized spacial score (nSPS) is 21.7. The van der Waals surface area contributed by atoms with Crippen molar-refractivity contribution in [1.82, 2.24) is 20.2 Å². The Morgan fingerprint density at radius 3 is 1.51 bits per heavy atom. The summed E-state index contributed by atoms with van der Waals surface area (Å²) in [6.45, 7) is 18.6. The largest absolute Gasteiger partial charge is 0.490 e. The minimum absolute atomic E-state index is 0. The zero-order valence-electron chi connectivity index (χ0n) is 40.5. The molecular formula is C56H84N4O7. The maximum absolute atomic E-state index is 11.7. The number of ether oxygens (including phenoxy) is 4. The van der Waals surface area contributed by atoms with Crippen LogP contribution >= 0.6 is 0 Å². The van der Waals surface area contributed by atoms with E-state index in [1.807, 2.05) is 24.3 Å². The number of benzene rings is 2. The van der Waals surface area contributed by atoms with Crippen molar-refractivity contribution in [3.05, 3.63) is 72.1 Å². The Labute approximate surface area is 402 Å². The Balaban J connectivity index is 0.000000244. The van der Waals surface area contributed by atoms with Crippen LogP contribution in [0.25, 0.3) is 21.8 Å². The Morgan fingerprint density at radius 2 is 1.06 bits per heavy atom. The third-order valence-corrected chi connectivity index (χ3v) is 14.3. The molecule has 11 nitrogen and oxygen atoms in total. The van der Waals surface area contributed by atoms with E-state index in [-0.39, 0.29) is 38.6 Å². The fourth-order valence-corrected chi connectivity index (χ4v) is 9.99. The number of fused-ring (bicyclic) bond motifs is 2. The van der Waals surface area contributed by atoms with Crippen molar-refractivity contribution in [3.63, 3.8) is 0 Å². The van der Waals surface area contributed by atoms with Gasteiger partial charge in [0, 0.05) is 17.3 Å². The van der Waals surface area contributed by atoms with Crippen molar-refractivity contribution in [3.8, 4) is 11.5 Å². The van der Waals surface area contributed by atoms with Crippen LogP contribution in [0.1, 0.15) is 150 Å². The van der Waals surface area contributed by atoms with Crippen LogP contribution in [0.5, 0.6) is 11.5 Å². The van der Waals surface area contributed by atoms with E-state index in [4.69, 9.17) is 19.2 Å². The van der Waals surface area contributed by atoms with E-state index in [0.29, 0.717) is 28.7 Å². The molecule has 2 aliphatic heterocycles. The second-order valence-electron chi connectivity index (χ2n) is 20.9. The predicted molar refractivity (Wildman–Crippen MR) is 272 cm³/mol. The van der Waals surface area contributed by atoms with E-state index < -0.39 is 0 Å². The standard InChI is InChI=1S/C27H38N2O3.C20H25NO2.C7H13NO2.2CH4/c1-27(2,3)21-6-9-23(10-7-21)32-24-11-12-25-20(17-24)5-8-22(28-25)18-29-15-13-19(14-16-29)26(30)31-4;1-20(2,3)15-5-8-17(9-6-15)23-18-10-11-19-14(12-18)4-7-16(13-22)21-19;1-10-7(9)6-2-4-8-5-3-6;;/h5,8,11-12,17,19,21,23H,6-7,9-10,13-16,18H2,1-4H3;4,7,10-13,15,17H,5-6,8-9H2,1-3H3;6,8H,2-5H2,1H3;2*1H4. The zero-order chi connectivity index (χ0) is 46.6. The van der Waals surface area contributed by atoms with E-state index in [9.17, 15) is 14.4 Å². The van der Waals surface area contributed by atoms with Gasteiger partial charge in [-0.05, 0) is 174 Å². The monoisotopic (exact) mass is 925 g/mol. The molecule has 4 fully saturated rings. The van der Waals surface area contributed by atoms with Crippen LogP contribution in [-0.2, 0) is 25.6 Å². The third kappa shape index (κ3) is 16.3. The van der Waals surface area contributed by atoms with E-state index in [1.165, 1.54) is 39.9 Å². The highest BCUT2D eigenvalue weighted by Gasteiger charge is 2.32. The van der Waals surface area contributed by atoms with Gasteiger partial charge in [-0.1, -0.05) is 68.5 Å². The number of hydrogen-bond donors (Lipinski definition) is 1. The number of hydrogen-bond acceptors (Lipinski definition) is 11. The van der Waals surface area contributed by atoms with Gasteiger partial charge in [0.1, 0.15) is 17.2 Å². The van der Waals surface area contributed by atoms with Crippen LogP contribution in [0.15, 0.2) is 60.7 Å². The van der Waals surface area contributed by atoms with Gasteiger partial charge in [-0.25, -0.2) is 4.98 Å². The molecular weight excluding hydrogens is 841 g/mol. The Hall–Kier alpha value is -4.61. The highest BCUT2D eigenvalue weighted by atomic mass is 16.5. The van der Waals surface area contributed by atoms with Gasteiger partial charge in [0.2, 0.25) is 0 Å². The van der Waals surface area contributed by atoms with Gasteiger partial charge >= 0.3 is 11.9 Å². The van der Waals surface area contributed by atoms with Crippen molar-refractivity contribution < 1.29 is 33.3 Å². The molecule has 4 heterocycles. The molecule has 67 heavy (non-hydrogen) atoms. The molecule has 11 heteroatoms. The molecule has 2 aromatic heterocycles. The summed E-state index contributed by atoms with van der Waals surface area (Å²) in [5, 5.41) is 5.32. The zero-order valence-corrected chi connectivity index (χ0v) is 40.5. The van der Waals surface area contributed by atoms with Crippen LogP contribution in [0.2, 0.25) is 0 Å². The summed E-state index contributed by atoms with van der Waals surface area (Å²) in [7, 11) is 2.92. The Morgan fingerprint density at radius 1 is 0.612 bits per heavy atom. The molecule has 8 rings (SSSR count). The van der Waals surface area contributed by atoms with Gasteiger partial charge < -0.3 is 24.3 Å². The van der Waals surface area contributed by atoms with Crippen LogP contribution < -0.4 is 14.8 Å². The summed E-state index contributed by atoms with van der Waals surface area (Å²) in [5.41, 5.74) is 4.17. The van der Waals surface area contributed by atoms with E-state index >= 15 is 0 Å². The van der Waals surface area contributed by atoms with Crippen LogP contribution in [0.4, 0.5) is 0 Å². The fourth-order valence-electron chi connectivity index (χ4n) is 9.99. The maximum Gasteiger partial charge on any atom is 0.308 e. The molecule has 4 aromatic rings. The first-order chi connectivity index (χ1) is 31.1. The number of methoxy groups -OCH3 is 2. The Kier molecular flexibility index (Phi) is 21.1. The number of nitrogens with one attached hydrogen (secondary N) is 1. The first kappa shape index (κ1) is 55.0. The van der Waals surface area contributed by atoms with Gasteiger partial charge in [-0.15, -0.1) is 0 Å². The number of aldehydes is 1. The first-order valence-electron chi connectivity index (χ1n) is 24.3. The van der Waals surface area contributed by atoms with Gasteiger partial charge in [0.25, 0.3) is 0 Å². The molecule has 1 N–H and O–H groups in total. The van der Waals surface area contributed by atoms with Crippen LogP contribution in [0, 0.1) is 34.5 Å². The third-order valence-electron chi connectivity index (χ3n) is 14.3. The lowest BCUT2D eigenvalue weighted by Crippen LogP contribution is -2.36. The van der Waals surface area contributed by atoms with E-state index in [2.05, 4.69) is 91.8 Å². The number of likely N-dealkylation sites (tertiary alicyclic amines) is 1. The van der Waals surface area contributed by atoms with Gasteiger partial charge in [-0.3, -0.25) is 24.3 Å². The fraction of sp³-hybridized carbons (Fsp3) is 0.625. The van der Waals surface area contributed by atoms with Crippen LogP contribution in [-0.4, -0.2) is 85.7 Å². The number of rotatable bonds is 9. The van der Waals surface area contributed by atoms with E-state index in [0.717, 1.165) is 141 Å². The summed E-state index contributed by atoms with van der Waals surface area (Å²) in [6, 6.07) is 20.1. The summed E-state index contributed by atoms with van der Waals surface area (Å²) in [5.74, 6) is 3.51. The van der Waals surface area contributed by atoms with Crippen LogP contribution in [0.3, 0.4) is 0 Å². The van der Waals surface area contributed by atoms with Crippen molar-refractivity contribution in [2.24, 2.45) is 34.5 Å². The SMILES string of the molecule is C.C.CC(C)(C)C1CCC(Oc2ccc3nc(C=O)ccc3c2)CC1.COC(=O)C1CCN(Cc2ccc3cc(OC4CCC(C(C)(C)C)CC4)ccc3n2)CC1.COC(=O)C1CCNCC1. The second-order valence-corrected chi connectivity index (χ2v) is 20.9. The lowest BCUT2D eigenvalue weighted by atomic mass is 9.72. The number of nitrogens with zero attached hydrogens (tertiary/aromatic N) is 3. The lowest BCUT2D eigenvalue weighted by molar-refractivity contribution is -0.147. The molecule has 0 unspecified atom stereocenters. The van der Waals surface area contributed by atoms with Gasteiger partial charge in [0.15, 0.2) is 6.29 Å². The summed E-state index contributed by atoms with van der Waals surface area (Å²) < 4.78 is 22.0. The minimum atomic E-state index is -0.0752. The highest BCUT2D eigenvalue weighted by Crippen LogP contribution is 2.40. The number of esters is 2. The first-order valence-corrected chi connectivity index (χ1v) is 24.3. The summed E-state index contributed by atoms with van der Waals surface area (Å²) in [6.07, 6.45) is 14.5. The Bertz CT molecular complexity index is 2150. The average Bonchev–Trinajstić information content (AvgIpc) is 3.31. The number of piperidine rings is 2. The van der Waals surface area contributed by atoms with Crippen molar-refractivity contribution in [2.45, 2.75) is 152 Å². The summed E-state index contributed by atoms with van der Waals surface area (Å²) in [4.78, 5) is 45.0. The lowest BCUT2D eigenvalue weighted by Gasteiger charge is -2.37. The second kappa shape index (κ2) is 25.7. The minimum Gasteiger partial charge on any atom is -0.490 e.